The summed E-state index contributed by atoms with van der Waals surface area (Å²) < 4.78 is 0. The molecule has 2 rings (SSSR count). The van der Waals surface area contributed by atoms with Crippen LogP contribution in [0.2, 0.25) is 0 Å². The van der Waals surface area contributed by atoms with Gasteiger partial charge in [0.25, 0.3) is 0 Å². The molecule has 0 aromatic carbocycles. The lowest BCUT2D eigenvalue weighted by molar-refractivity contribution is 0.0697. The SMILES string of the molecule is Cc1ccc(C(=O)O)c(NC(C)CN2CCCC2)n1. The lowest BCUT2D eigenvalue weighted by atomic mass is 10.2. The number of carboxylic acid groups (broad SMARTS) is 1. The van der Waals surface area contributed by atoms with E-state index in [4.69, 9.17) is 5.11 Å². The van der Waals surface area contributed by atoms with Crippen LogP contribution in [0.1, 0.15) is 35.8 Å². The number of hydrogen-bond donors (Lipinski definition) is 2. The van der Waals surface area contributed by atoms with Crippen molar-refractivity contribution in [1.82, 2.24) is 9.88 Å². The Balaban J connectivity index is 2.04. The Hall–Kier alpha value is -1.62. The van der Waals surface area contributed by atoms with Crippen LogP contribution in [0, 0.1) is 6.92 Å². The van der Waals surface area contributed by atoms with Crippen molar-refractivity contribution in [2.45, 2.75) is 32.7 Å². The number of likely N-dealkylation sites (tertiary alicyclic amines) is 1. The number of nitrogens with one attached hydrogen (secondary N) is 1. The number of aromatic carboxylic acids is 1. The number of anilines is 1. The van der Waals surface area contributed by atoms with E-state index in [2.05, 4.69) is 22.1 Å². The third kappa shape index (κ3) is 3.67. The molecule has 2 N–H and O–H groups in total. The molecule has 0 spiro atoms. The minimum atomic E-state index is -0.941. The number of pyridine rings is 1. The van der Waals surface area contributed by atoms with Crippen molar-refractivity contribution in [1.29, 1.82) is 0 Å². The quantitative estimate of drug-likeness (QED) is 0.850. The molecule has 1 saturated heterocycles. The topological polar surface area (TPSA) is 65.5 Å². The maximum Gasteiger partial charge on any atom is 0.339 e. The number of carboxylic acids is 1. The maximum absolute atomic E-state index is 11.2. The number of hydrogen-bond acceptors (Lipinski definition) is 4. The Morgan fingerprint density at radius 3 is 2.79 bits per heavy atom. The third-order valence-electron chi connectivity index (χ3n) is 3.38. The summed E-state index contributed by atoms with van der Waals surface area (Å²) in [7, 11) is 0. The lowest BCUT2D eigenvalue weighted by Gasteiger charge is -2.22. The van der Waals surface area contributed by atoms with Crippen molar-refractivity contribution < 1.29 is 9.90 Å². The lowest BCUT2D eigenvalue weighted by Crippen LogP contribution is -2.33. The molecule has 1 aliphatic rings. The van der Waals surface area contributed by atoms with Crippen LogP contribution < -0.4 is 5.32 Å². The first kappa shape index (κ1) is 13.8. The zero-order valence-electron chi connectivity index (χ0n) is 11.5. The number of aromatic nitrogens is 1. The summed E-state index contributed by atoms with van der Waals surface area (Å²) in [5.41, 5.74) is 1.06. The predicted molar refractivity (Wildman–Crippen MR) is 74.7 cm³/mol. The van der Waals surface area contributed by atoms with Crippen LogP contribution in [-0.4, -0.2) is 46.6 Å². The highest BCUT2D eigenvalue weighted by Crippen LogP contribution is 2.16. The number of rotatable bonds is 5. The molecule has 19 heavy (non-hydrogen) atoms. The molecule has 1 fully saturated rings. The highest BCUT2D eigenvalue weighted by atomic mass is 16.4. The summed E-state index contributed by atoms with van der Waals surface area (Å²) >= 11 is 0. The van der Waals surface area contributed by atoms with Crippen LogP contribution in [0.25, 0.3) is 0 Å². The van der Waals surface area contributed by atoms with Crippen LogP contribution >= 0.6 is 0 Å². The Morgan fingerprint density at radius 2 is 2.16 bits per heavy atom. The number of nitrogens with zero attached hydrogens (tertiary/aromatic N) is 2. The largest absolute Gasteiger partial charge is 0.478 e. The number of aryl methyl sites for hydroxylation is 1. The molecule has 5 heteroatoms. The van der Waals surface area contributed by atoms with Crippen molar-refractivity contribution in [3.05, 3.63) is 23.4 Å². The van der Waals surface area contributed by atoms with Crippen LogP contribution in [-0.2, 0) is 0 Å². The molecule has 0 radical (unpaired) electrons. The highest BCUT2D eigenvalue weighted by Gasteiger charge is 2.17. The van der Waals surface area contributed by atoms with Crippen LogP contribution in [0.3, 0.4) is 0 Å². The molecular formula is C14H21N3O2. The molecule has 2 heterocycles. The predicted octanol–water partition coefficient (Wildman–Crippen LogP) is 1.98. The molecule has 1 unspecified atom stereocenters. The fourth-order valence-electron chi connectivity index (χ4n) is 2.47. The average molecular weight is 263 g/mol. The smallest absolute Gasteiger partial charge is 0.339 e. The van der Waals surface area contributed by atoms with Gasteiger partial charge in [-0.15, -0.1) is 0 Å². The first-order valence-electron chi connectivity index (χ1n) is 6.76. The summed E-state index contributed by atoms with van der Waals surface area (Å²) in [5.74, 6) is -0.470. The Kier molecular flexibility index (Phi) is 4.37. The Bertz CT molecular complexity index is 456. The Labute approximate surface area is 113 Å². The first-order valence-corrected chi connectivity index (χ1v) is 6.76. The second kappa shape index (κ2) is 6.02. The molecular weight excluding hydrogens is 242 g/mol. The fourth-order valence-corrected chi connectivity index (χ4v) is 2.47. The highest BCUT2D eigenvalue weighted by molar-refractivity contribution is 5.93. The van der Waals surface area contributed by atoms with E-state index in [1.54, 1.807) is 12.1 Å². The minimum Gasteiger partial charge on any atom is -0.478 e. The molecule has 0 bridgehead atoms. The molecule has 1 aliphatic heterocycles. The van der Waals surface area contributed by atoms with Gasteiger partial charge in [-0.05, 0) is 51.9 Å². The van der Waals surface area contributed by atoms with E-state index in [0.29, 0.717) is 5.82 Å². The summed E-state index contributed by atoms with van der Waals surface area (Å²) in [4.78, 5) is 17.9. The summed E-state index contributed by atoms with van der Waals surface area (Å²) in [5, 5.41) is 12.4. The van der Waals surface area contributed by atoms with Crippen molar-refractivity contribution in [2.75, 3.05) is 25.0 Å². The van der Waals surface area contributed by atoms with Gasteiger partial charge in [-0.2, -0.15) is 0 Å². The monoisotopic (exact) mass is 263 g/mol. The fraction of sp³-hybridized carbons (Fsp3) is 0.571. The van der Waals surface area contributed by atoms with E-state index < -0.39 is 5.97 Å². The molecule has 0 amide bonds. The van der Waals surface area contributed by atoms with Crippen molar-refractivity contribution in [2.24, 2.45) is 0 Å². The van der Waals surface area contributed by atoms with Gasteiger partial charge in [0.05, 0.1) is 0 Å². The van der Waals surface area contributed by atoms with Gasteiger partial charge in [-0.3, -0.25) is 0 Å². The molecule has 1 aromatic heterocycles. The molecule has 1 atom stereocenters. The normalized spacial score (nSPS) is 17.4. The average Bonchev–Trinajstić information content (AvgIpc) is 2.81. The zero-order valence-corrected chi connectivity index (χ0v) is 11.5. The second-order valence-electron chi connectivity index (χ2n) is 5.21. The van der Waals surface area contributed by atoms with Crippen LogP contribution in [0.15, 0.2) is 12.1 Å². The van der Waals surface area contributed by atoms with E-state index in [1.807, 2.05) is 6.92 Å². The zero-order chi connectivity index (χ0) is 13.8. The van der Waals surface area contributed by atoms with E-state index in [-0.39, 0.29) is 11.6 Å². The number of carbonyl (C=O) groups is 1. The molecule has 5 nitrogen and oxygen atoms in total. The van der Waals surface area contributed by atoms with Gasteiger partial charge in [0.2, 0.25) is 0 Å². The molecule has 0 aliphatic carbocycles. The Morgan fingerprint density at radius 1 is 1.47 bits per heavy atom. The maximum atomic E-state index is 11.2. The van der Waals surface area contributed by atoms with Gasteiger partial charge in [0.15, 0.2) is 0 Å². The van der Waals surface area contributed by atoms with Gasteiger partial charge < -0.3 is 15.3 Å². The standard InChI is InChI=1S/C14H21N3O2/c1-10-5-6-12(14(18)19)13(15-10)16-11(2)9-17-7-3-4-8-17/h5-6,11H,3-4,7-9H2,1-2H3,(H,15,16)(H,18,19). The third-order valence-corrected chi connectivity index (χ3v) is 3.38. The minimum absolute atomic E-state index is 0.186. The van der Waals surface area contributed by atoms with Crippen LogP contribution in [0.5, 0.6) is 0 Å². The van der Waals surface area contributed by atoms with Crippen LogP contribution in [0.4, 0.5) is 5.82 Å². The molecule has 1 aromatic rings. The molecule has 0 saturated carbocycles. The molecule has 104 valence electrons. The second-order valence-corrected chi connectivity index (χ2v) is 5.21. The van der Waals surface area contributed by atoms with Crippen molar-refractivity contribution in [3.63, 3.8) is 0 Å². The van der Waals surface area contributed by atoms with Gasteiger partial charge >= 0.3 is 5.97 Å². The summed E-state index contributed by atoms with van der Waals surface area (Å²) in [6.45, 7) is 7.13. The van der Waals surface area contributed by atoms with E-state index in [1.165, 1.54) is 12.8 Å². The van der Waals surface area contributed by atoms with Gasteiger partial charge in [0.1, 0.15) is 11.4 Å². The van der Waals surface area contributed by atoms with E-state index in [9.17, 15) is 4.79 Å². The van der Waals surface area contributed by atoms with Gasteiger partial charge in [-0.1, -0.05) is 0 Å². The van der Waals surface area contributed by atoms with Crippen molar-refractivity contribution in [3.8, 4) is 0 Å². The van der Waals surface area contributed by atoms with E-state index >= 15 is 0 Å². The van der Waals surface area contributed by atoms with E-state index in [0.717, 1.165) is 25.3 Å². The van der Waals surface area contributed by atoms with Crippen molar-refractivity contribution >= 4 is 11.8 Å². The summed E-state index contributed by atoms with van der Waals surface area (Å²) in [6.07, 6.45) is 2.52. The van der Waals surface area contributed by atoms with Gasteiger partial charge in [-0.25, -0.2) is 9.78 Å². The summed E-state index contributed by atoms with van der Waals surface area (Å²) in [6, 6.07) is 3.51. The van der Waals surface area contributed by atoms with Gasteiger partial charge in [0, 0.05) is 18.3 Å². The first-order chi connectivity index (χ1) is 9.06.